The predicted molar refractivity (Wildman–Crippen MR) is 92.1 cm³/mol. The average molecular weight is 394 g/mol. The zero-order chi connectivity index (χ0) is 19.4. The van der Waals surface area contributed by atoms with E-state index in [9.17, 15) is 14.0 Å². The topological polar surface area (TPSA) is 111 Å². The second-order valence-corrected chi connectivity index (χ2v) is 5.78. The molecule has 0 aliphatic rings. The van der Waals surface area contributed by atoms with Gasteiger partial charge in [0, 0.05) is 6.20 Å². The van der Waals surface area contributed by atoms with E-state index in [0.29, 0.717) is 11.4 Å². The van der Waals surface area contributed by atoms with Crippen LogP contribution in [-0.2, 0) is 18.1 Å². The number of carboxylic acids is 1. The number of aromatic carboxylic acids is 1. The number of rotatable bonds is 7. The third-order valence-electron chi connectivity index (χ3n) is 3.33. The van der Waals surface area contributed by atoms with Gasteiger partial charge in [0.1, 0.15) is 18.1 Å². The normalized spacial score (nSPS) is 10.6. The number of carboxylic acid groups (broad SMARTS) is 1. The summed E-state index contributed by atoms with van der Waals surface area (Å²) in [6, 6.07) is 5.06. The molecule has 2 heterocycles. The molecule has 3 rings (SSSR count). The molecule has 2 N–H and O–H groups in total. The maximum absolute atomic E-state index is 13.0. The molecule has 0 fully saturated rings. The van der Waals surface area contributed by atoms with Crippen molar-refractivity contribution < 1.29 is 23.8 Å². The maximum Gasteiger partial charge on any atom is 0.356 e. The van der Waals surface area contributed by atoms with Crippen molar-refractivity contribution in [2.24, 2.45) is 0 Å². The second-order valence-electron chi connectivity index (χ2n) is 5.37. The number of halogens is 2. The first-order chi connectivity index (χ1) is 12.9. The Bertz CT molecular complexity index is 987. The monoisotopic (exact) mass is 393 g/mol. The van der Waals surface area contributed by atoms with Gasteiger partial charge in [-0.2, -0.15) is 10.2 Å². The van der Waals surface area contributed by atoms with Gasteiger partial charge in [-0.25, -0.2) is 13.9 Å². The van der Waals surface area contributed by atoms with Gasteiger partial charge in [-0.1, -0.05) is 11.6 Å². The van der Waals surface area contributed by atoms with E-state index in [0.717, 1.165) is 6.07 Å². The van der Waals surface area contributed by atoms with Gasteiger partial charge in [0.15, 0.2) is 12.4 Å². The lowest BCUT2D eigenvalue weighted by Gasteiger charge is -2.07. The molecule has 140 valence electrons. The van der Waals surface area contributed by atoms with E-state index in [-0.39, 0.29) is 24.0 Å². The first-order valence-corrected chi connectivity index (χ1v) is 7.95. The van der Waals surface area contributed by atoms with Gasteiger partial charge >= 0.3 is 5.97 Å². The molecule has 3 aromatic rings. The van der Waals surface area contributed by atoms with Crippen molar-refractivity contribution in [1.82, 2.24) is 19.6 Å². The molecule has 0 radical (unpaired) electrons. The van der Waals surface area contributed by atoms with Gasteiger partial charge in [0.25, 0.3) is 0 Å². The SMILES string of the molecule is O=C(Cn1ccc(C(=O)O)n1)Nc1cnn(COc2ccc(F)cc2Cl)c1. The molecule has 0 aliphatic carbocycles. The van der Waals surface area contributed by atoms with Gasteiger partial charge in [-0.15, -0.1) is 0 Å². The Labute approximate surface area is 156 Å². The lowest BCUT2D eigenvalue weighted by atomic mass is 10.3. The third-order valence-corrected chi connectivity index (χ3v) is 3.62. The molecule has 0 saturated carbocycles. The fourth-order valence-corrected chi connectivity index (χ4v) is 2.36. The van der Waals surface area contributed by atoms with Crippen LogP contribution in [-0.4, -0.2) is 36.5 Å². The van der Waals surface area contributed by atoms with Crippen molar-refractivity contribution in [2.75, 3.05) is 5.32 Å². The largest absolute Gasteiger partial charge is 0.476 e. The van der Waals surface area contributed by atoms with Crippen molar-refractivity contribution in [1.29, 1.82) is 0 Å². The summed E-state index contributed by atoms with van der Waals surface area (Å²) in [7, 11) is 0. The highest BCUT2D eigenvalue weighted by Crippen LogP contribution is 2.25. The van der Waals surface area contributed by atoms with Crippen LogP contribution in [0.4, 0.5) is 10.1 Å². The van der Waals surface area contributed by atoms with Crippen molar-refractivity contribution in [3.8, 4) is 5.75 Å². The Hall–Kier alpha value is -3.40. The summed E-state index contributed by atoms with van der Waals surface area (Å²) in [5.74, 6) is -1.75. The van der Waals surface area contributed by atoms with Crippen LogP contribution in [0.15, 0.2) is 42.9 Å². The molecule has 27 heavy (non-hydrogen) atoms. The van der Waals surface area contributed by atoms with Crippen LogP contribution in [0, 0.1) is 5.82 Å². The van der Waals surface area contributed by atoms with Crippen LogP contribution in [0.5, 0.6) is 5.75 Å². The Morgan fingerprint density at radius 1 is 1.30 bits per heavy atom. The number of benzene rings is 1. The van der Waals surface area contributed by atoms with Crippen molar-refractivity contribution >= 4 is 29.2 Å². The Morgan fingerprint density at radius 2 is 2.11 bits per heavy atom. The molecule has 0 unspecified atom stereocenters. The average Bonchev–Trinajstić information content (AvgIpc) is 3.23. The summed E-state index contributed by atoms with van der Waals surface area (Å²) in [5.41, 5.74) is 0.270. The fraction of sp³-hybridized carbons (Fsp3) is 0.125. The van der Waals surface area contributed by atoms with Crippen LogP contribution in [0.25, 0.3) is 0 Å². The van der Waals surface area contributed by atoms with E-state index in [2.05, 4.69) is 15.5 Å². The van der Waals surface area contributed by atoms with E-state index < -0.39 is 17.7 Å². The molecule has 0 aliphatic heterocycles. The van der Waals surface area contributed by atoms with Crippen molar-refractivity contribution in [2.45, 2.75) is 13.3 Å². The molecule has 1 amide bonds. The molecule has 11 heteroatoms. The molecule has 0 spiro atoms. The second kappa shape index (κ2) is 7.87. The predicted octanol–water partition coefficient (Wildman–Crippen LogP) is 2.25. The molecule has 0 bridgehead atoms. The number of nitrogens with one attached hydrogen (secondary N) is 1. The number of nitrogens with zero attached hydrogens (tertiary/aromatic N) is 4. The highest BCUT2D eigenvalue weighted by Gasteiger charge is 2.10. The van der Waals surface area contributed by atoms with E-state index in [4.69, 9.17) is 21.4 Å². The van der Waals surface area contributed by atoms with Crippen LogP contribution in [0.1, 0.15) is 10.5 Å². The highest BCUT2D eigenvalue weighted by molar-refractivity contribution is 6.32. The standard InChI is InChI=1S/C16H13ClFN5O4/c17-12-5-10(18)1-2-14(12)27-9-23-7-11(6-19-23)20-15(24)8-22-4-3-13(21-22)16(25)26/h1-7H,8-9H2,(H,20,24)(H,25,26). The number of amides is 1. The summed E-state index contributed by atoms with van der Waals surface area (Å²) >= 11 is 5.87. The van der Waals surface area contributed by atoms with Gasteiger partial charge < -0.3 is 15.2 Å². The van der Waals surface area contributed by atoms with Gasteiger partial charge in [-0.3, -0.25) is 9.48 Å². The van der Waals surface area contributed by atoms with Crippen molar-refractivity contribution in [3.63, 3.8) is 0 Å². The molecule has 0 saturated heterocycles. The van der Waals surface area contributed by atoms with Crippen LogP contribution >= 0.6 is 11.6 Å². The zero-order valence-corrected chi connectivity index (χ0v) is 14.4. The Kier molecular flexibility index (Phi) is 5.36. The summed E-state index contributed by atoms with van der Waals surface area (Å²) in [6.45, 7) is -0.150. The third kappa shape index (κ3) is 4.82. The van der Waals surface area contributed by atoms with E-state index in [1.165, 1.54) is 46.2 Å². The zero-order valence-electron chi connectivity index (χ0n) is 13.7. The van der Waals surface area contributed by atoms with E-state index >= 15 is 0 Å². The Balaban J connectivity index is 1.53. The summed E-state index contributed by atoms with van der Waals surface area (Å²) in [5, 5.41) is 19.3. The van der Waals surface area contributed by atoms with E-state index in [1.54, 1.807) is 0 Å². The minimum Gasteiger partial charge on any atom is -0.476 e. The molecular weight excluding hydrogens is 381 g/mol. The molecule has 2 aromatic heterocycles. The van der Waals surface area contributed by atoms with Crippen molar-refractivity contribution in [3.05, 3.63) is 59.4 Å². The first kappa shape index (κ1) is 18.4. The molecule has 9 nitrogen and oxygen atoms in total. The number of aromatic nitrogens is 4. The first-order valence-electron chi connectivity index (χ1n) is 7.57. The van der Waals surface area contributed by atoms with Gasteiger partial charge in [-0.05, 0) is 24.3 Å². The lowest BCUT2D eigenvalue weighted by molar-refractivity contribution is -0.116. The summed E-state index contributed by atoms with van der Waals surface area (Å²) in [6.07, 6.45) is 4.34. The number of carbonyl (C=O) groups excluding carboxylic acids is 1. The van der Waals surface area contributed by atoms with Crippen LogP contribution in [0.3, 0.4) is 0 Å². The number of ether oxygens (including phenoxy) is 1. The number of hydrogen-bond donors (Lipinski definition) is 2. The Morgan fingerprint density at radius 3 is 2.81 bits per heavy atom. The molecular formula is C16H13ClFN5O4. The number of hydrogen-bond acceptors (Lipinski definition) is 5. The maximum atomic E-state index is 13.0. The van der Waals surface area contributed by atoms with Gasteiger partial charge in [0.05, 0.1) is 23.1 Å². The van der Waals surface area contributed by atoms with Crippen LogP contribution < -0.4 is 10.1 Å². The fourth-order valence-electron chi connectivity index (χ4n) is 2.14. The summed E-state index contributed by atoms with van der Waals surface area (Å²) in [4.78, 5) is 22.8. The highest BCUT2D eigenvalue weighted by atomic mass is 35.5. The quantitative estimate of drug-likeness (QED) is 0.636. The molecule has 0 atom stereocenters. The lowest BCUT2D eigenvalue weighted by Crippen LogP contribution is -2.19. The van der Waals surface area contributed by atoms with Gasteiger partial charge in [0.2, 0.25) is 5.91 Å². The minimum absolute atomic E-state index is 0.00233. The number of carbonyl (C=O) groups is 2. The molecule has 1 aromatic carbocycles. The van der Waals surface area contributed by atoms with Crippen LogP contribution in [0.2, 0.25) is 5.02 Å². The van der Waals surface area contributed by atoms with E-state index in [1.807, 2.05) is 0 Å². The summed E-state index contributed by atoms with van der Waals surface area (Å²) < 4.78 is 21.1. The smallest absolute Gasteiger partial charge is 0.356 e. The number of anilines is 1. The minimum atomic E-state index is -1.17.